The molecule has 7 nitrogen and oxygen atoms in total. The molecule has 0 aliphatic heterocycles. The van der Waals surface area contributed by atoms with Crippen LogP contribution in [0.2, 0.25) is 0 Å². The second kappa shape index (κ2) is 6.72. The number of aliphatic carboxylic acids is 1. The number of hydrogen-bond acceptors (Lipinski definition) is 7. The lowest BCUT2D eigenvalue weighted by Crippen LogP contribution is -2.42. The van der Waals surface area contributed by atoms with Crippen LogP contribution < -0.4 is 10.4 Å². The van der Waals surface area contributed by atoms with E-state index in [9.17, 15) is 19.5 Å². The Kier molecular flexibility index (Phi) is 4.66. The number of carboxylic acids is 1. The number of nitrogens with zero attached hydrogens (tertiary/aromatic N) is 1. The third-order valence-corrected chi connectivity index (χ3v) is 5.25. The Hall–Kier alpha value is -2.22. The van der Waals surface area contributed by atoms with E-state index in [1.54, 1.807) is 12.3 Å². The van der Waals surface area contributed by atoms with Crippen molar-refractivity contribution >= 4 is 34.3 Å². The highest BCUT2D eigenvalue weighted by Crippen LogP contribution is 2.48. The van der Waals surface area contributed by atoms with Gasteiger partial charge >= 0.3 is 5.97 Å². The van der Waals surface area contributed by atoms with Gasteiger partial charge in [0.15, 0.2) is 5.13 Å². The van der Waals surface area contributed by atoms with Gasteiger partial charge in [0.1, 0.15) is 0 Å². The highest BCUT2D eigenvalue weighted by atomic mass is 32.1. The van der Waals surface area contributed by atoms with Crippen LogP contribution in [-0.4, -0.2) is 29.4 Å². The van der Waals surface area contributed by atoms with E-state index in [4.69, 9.17) is 4.74 Å². The van der Waals surface area contributed by atoms with Crippen LogP contribution in [0.4, 0.5) is 5.13 Å². The second-order valence-corrected chi connectivity index (χ2v) is 6.79. The SMILES string of the molecule is CCOC(=O)Cc1csc(NC(=O)[C@@H]2[C@@H](C(=O)[O-])[C@H]3C=C[C@@H]2C3)n1. The molecule has 4 atom stereocenters. The van der Waals surface area contributed by atoms with Crippen LogP contribution in [0, 0.1) is 23.7 Å². The van der Waals surface area contributed by atoms with Crippen LogP contribution in [0.15, 0.2) is 17.5 Å². The Bertz CT molecular complexity index is 698. The zero-order chi connectivity index (χ0) is 17.3. The van der Waals surface area contributed by atoms with Gasteiger partial charge in [0.05, 0.1) is 24.6 Å². The molecule has 0 unspecified atom stereocenters. The number of amides is 1. The van der Waals surface area contributed by atoms with Gasteiger partial charge in [-0.05, 0) is 25.2 Å². The normalized spacial score (nSPS) is 27.2. The van der Waals surface area contributed by atoms with E-state index in [0.29, 0.717) is 23.9 Å². The summed E-state index contributed by atoms with van der Waals surface area (Å²) in [7, 11) is 0. The number of fused-ring (bicyclic) bond motifs is 2. The zero-order valence-corrected chi connectivity index (χ0v) is 13.9. The van der Waals surface area contributed by atoms with Crippen molar-refractivity contribution in [2.45, 2.75) is 19.8 Å². The fourth-order valence-corrected chi connectivity index (χ4v) is 4.21. The van der Waals surface area contributed by atoms with Gasteiger partial charge < -0.3 is 20.0 Å². The zero-order valence-electron chi connectivity index (χ0n) is 13.1. The first-order valence-corrected chi connectivity index (χ1v) is 8.67. The highest BCUT2D eigenvalue weighted by Gasteiger charge is 2.48. The van der Waals surface area contributed by atoms with Gasteiger partial charge in [-0.15, -0.1) is 11.3 Å². The number of carbonyl (C=O) groups excluding carboxylic acids is 3. The molecule has 24 heavy (non-hydrogen) atoms. The summed E-state index contributed by atoms with van der Waals surface area (Å²) in [5.41, 5.74) is 0.512. The van der Waals surface area contributed by atoms with Gasteiger partial charge in [0.25, 0.3) is 0 Å². The van der Waals surface area contributed by atoms with E-state index in [1.807, 2.05) is 12.2 Å². The molecule has 1 aromatic rings. The minimum atomic E-state index is -1.19. The molecule has 0 aromatic carbocycles. The first-order chi connectivity index (χ1) is 11.5. The monoisotopic (exact) mass is 349 g/mol. The van der Waals surface area contributed by atoms with E-state index < -0.39 is 17.8 Å². The standard InChI is InChI=1S/C16H18N2O5S/c1-2-23-11(19)6-10-7-24-16(17-10)18-14(20)12-8-3-4-9(5-8)13(12)15(21)22/h3-4,7-9,12-13H,2,5-6H2,1H3,(H,21,22)(H,17,18,20)/p-1/t8-,9+,12+,13+/m1/s1. The summed E-state index contributed by atoms with van der Waals surface area (Å²) in [6.45, 7) is 2.02. The summed E-state index contributed by atoms with van der Waals surface area (Å²) in [4.78, 5) is 39.5. The molecule has 3 rings (SSSR count). The van der Waals surface area contributed by atoms with Gasteiger partial charge in [0.2, 0.25) is 5.91 Å². The van der Waals surface area contributed by atoms with Crippen molar-refractivity contribution < 1.29 is 24.2 Å². The number of carbonyl (C=O) groups is 3. The summed E-state index contributed by atoms with van der Waals surface area (Å²) in [6.07, 6.45) is 4.47. The molecule has 2 bridgehead atoms. The maximum Gasteiger partial charge on any atom is 0.311 e. The number of allylic oxidation sites excluding steroid dienone is 2. The Balaban J connectivity index is 1.65. The number of thiazole rings is 1. The quantitative estimate of drug-likeness (QED) is 0.587. The molecule has 0 spiro atoms. The van der Waals surface area contributed by atoms with Crippen LogP contribution in [0.1, 0.15) is 19.0 Å². The van der Waals surface area contributed by atoms with Gasteiger partial charge in [0, 0.05) is 17.3 Å². The van der Waals surface area contributed by atoms with E-state index in [2.05, 4.69) is 10.3 Å². The van der Waals surface area contributed by atoms with Crippen molar-refractivity contribution in [1.29, 1.82) is 0 Å². The summed E-state index contributed by atoms with van der Waals surface area (Å²) in [6, 6.07) is 0. The summed E-state index contributed by atoms with van der Waals surface area (Å²) in [5.74, 6) is -3.56. The highest BCUT2D eigenvalue weighted by molar-refractivity contribution is 7.13. The molecule has 0 radical (unpaired) electrons. The lowest BCUT2D eigenvalue weighted by atomic mass is 9.82. The maximum atomic E-state index is 12.5. The maximum absolute atomic E-state index is 12.5. The van der Waals surface area contributed by atoms with Crippen molar-refractivity contribution in [3.8, 4) is 0 Å². The third kappa shape index (κ3) is 3.19. The topological polar surface area (TPSA) is 108 Å². The number of aromatic nitrogens is 1. The fraction of sp³-hybridized carbons (Fsp3) is 0.500. The van der Waals surface area contributed by atoms with E-state index >= 15 is 0 Å². The first-order valence-electron chi connectivity index (χ1n) is 7.79. The summed E-state index contributed by atoms with van der Waals surface area (Å²) >= 11 is 1.19. The third-order valence-electron chi connectivity index (χ3n) is 4.45. The number of carboxylic acid groups (broad SMARTS) is 1. The average Bonchev–Trinajstić information content (AvgIpc) is 3.22. The Morgan fingerprint density at radius 2 is 2.04 bits per heavy atom. The van der Waals surface area contributed by atoms with Crippen LogP contribution in [-0.2, 0) is 25.5 Å². The minimum absolute atomic E-state index is 0.0404. The van der Waals surface area contributed by atoms with Crippen molar-refractivity contribution in [2.24, 2.45) is 23.7 Å². The Morgan fingerprint density at radius 3 is 2.71 bits per heavy atom. The molecular weight excluding hydrogens is 332 g/mol. The number of rotatable bonds is 6. The minimum Gasteiger partial charge on any atom is -0.550 e. The molecule has 1 aromatic heterocycles. The van der Waals surface area contributed by atoms with Crippen molar-refractivity contribution in [3.63, 3.8) is 0 Å². The Labute approximate surface area is 142 Å². The van der Waals surface area contributed by atoms with Gasteiger partial charge in [-0.25, -0.2) is 4.98 Å². The molecule has 1 N–H and O–H groups in total. The Morgan fingerprint density at radius 1 is 1.33 bits per heavy atom. The molecule has 2 aliphatic carbocycles. The molecule has 2 aliphatic rings. The van der Waals surface area contributed by atoms with E-state index in [1.165, 1.54) is 11.3 Å². The van der Waals surface area contributed by atoms with Crippen molar-refractivity contribution in [3.05, 3.63) is 23.2 Å². The molecule has 128 valence electrons. The van der Waals surface area contributed by atoms with Gasteiger partial charge in [-0.1, -0.05) is 12.2 Å². The predicted octanol–water partition coefficient (Wildman–Crippen LogP) is 0.375. The molecule has 1 heterocycles. The van der Waals surface area contributed by atoms with Crippen molar-refractivity contribution in [2.75, 3.05) is 11.9 Å². The van der Waals surface area contributed by atoms with Crippen LogP contribution in [0.25, 0.3) is 0 Å². The first kappa shape index (κ1) is 16.6. The lowest BCUT2D eigenvalue weighted by Gasteiger charge is -2.27. The van der Waals surface area contributed by atoms with E-state index in [-0.39, 0.29) is 30.1 Å². The van der Waals surface area contributed by atoms with Crippen LogP contribution in [0.5, 0.6) is 0 Å². The summed E-state index contributed by atoms with van der Waals surface area (Å²) < 4.78 is 4.85. The van der Waals surface area contributed by atoms with Gasteiger partial charge in [-0.3, -0.25) is 9.59 Å². The molecule has 1 saturated carbocycles. The number of anilines is 1. The molecule has 0 saturated heterocycles. The van der Waals surface area contributed by atoms with Gasteiger partial charge in [-0.2, -0.15) is 0 Å². The molecular formula is C16H17N2O5S-. The molecule has 1 fully saturated rings. The summed E-state index contributed by atoms with van der Waals surface area (Å²) in [5, 5.41) is 16.0. The average molecular weight is 349 g/mol. The van der Waals surface area contributed by atoms with E-state index in [0.717, 1.165) is 0 Å². The molecule has 1 amide bonds. The number of ether oxygens (including phenoxy) is 1. The molecule has 8 heteroatoms. The fourth-order valence-electron chi connectivity index (χ4n) is 3.50. The van der Waals surface area contributed by atoms with Crippen LogP contribution in [0.3, 0.4) is 0 Å². The lowest BCUT2D eigenvalue weighted by molar-refractivity contribution is -0.313. The number of esters is 1. The van der Waals surface area contributed by atoms with Crippen molar-refractivity contribution in [1.82, 2.24) is 4.98 Å². The predicted molar refractivity (Wildman–Crippen MR) is 83.8 cm³/mol. The second-order valence-electron chi connectivity index (χ2n) is 5.93. The largest absolute Gasteiger partial charge is 0.550 e. The van der Waals surface area contributed by atoms with Crippen LogP contribution >= 0.6 is 11.3 Å². The number of nitrogens with one attached hydrogen (secondary N) is 1. The smallest absolute Gasteiger partial charge is 0.311 e. The number of hydrogen-bond donors (Lipinski definition) is 1.